The maximum Gasteiger partial charge on any atom is 0.311 e. The summed E-state index contributed by atoms with van der Waals surface area (Å²) in [6, 6.07) is 5.24. The van der Waals surface area contributed by atoms with Gasteiger partial charge in [0.15, 0.2) is 5.13 Å². The van der Waals surface area contributed by atoms with Gasteiger partial charge in [0.05, 0.1) is 38.7 Å². The van der Waals surface area contributed by atoms with Crippen LogP contribution in [0.3, 0.4) is 0 Å². The van der Waals surface area contributed by atoms with E-state index in [4.69, 9.17) is 14.2 Å². The van der Waals surface area contributed by atoms with E-state index >= 15 is 0 Å². The SMILES string of the molecule is CCOC(=O)Cc1csc(NC(=O)CSc2nnnn2-c2ccc(OC)cc2OC)n1. The van der Waals surface area contributed by atoms with Gasteiger partial charge in [-0.2, -0.15) is 4.68 Å². The number of carbonyl (C=O) groups excluding carboxylic acids is 2. The van der Waals surface area contributed by atoms with Crippen molar-refractivity contribution in [1.82, 2.24) is 25.2 Å². The standard InChI is InChI=1S/C18H20N6O5S2/c1-4-29-16(26)7-11-9-30-17(19-11)20-15(25)10-31-18-21-22-23-24(18)13-6-5-12(27-2)8-14(13)28-3/h5-6,8-9H,4,7,10H2,1-3H3,(H,19,20,25). The number of nitrogens with one attached hydrogen (secondary N) is 1. The molecule has 0 radical (unpaired) electrons. The highest BCUT2D eigenvalue weighted by Gasteiger charge is 2.16. The number of aromatic nitrogens is 5. The van der Waals surface area contributed by atoms with Gasteiger partial charge in [-0.1, -0.05) is 11.8 Å². The molecule has 0 unspecified atom stereocenters. The first kappa shape index (κ1) is 22.5. The molecule has 11 nitrogen and oxygen atoms in total. The minimum absolute atomic E-state index is 0.0611. The molecule has 1 N–H and O–H groups in total. The topological polar surface area (TPSA) is 130 Å². The van der Waals surface area contributed by atoms with Crippen molar-refractivity contribution in [2.75, 3.05) is 31.9 Å². The van der Waals surface area contributed by atoms with E-state index < -0.39 is 0 Å². The van der Waals surface area contributed by atoms with Crippen molar-refractivity contribution < 1.29 is 23.8 Å². The second-order valence-corrected chi connectivity index (χ2v) is 7.67. The van der Waals surface area contributed by atoms with Gasteiger partial charge in [0.25, 0.3) is 0 Å². The summed E-state index contributed by atoms with van der Waals surface area (Å²) in [5, 5.41) is 16.9. The summed E-state index contributed by atoms with van der Waals surface area (Å²) < 4.78 is 17.0. The van der Waals surface area contributed by atoms with Crippen molar-refractivity contribution in [3.8, 4) is 17.2 Å². The lowest BCUT2D eigenvalue weighted by molar-refractivity contribution is -0.142. The largest absolute Gasteiger partial charge is 0.497 e. The summed E-state index contributed by atoms with van der Waals surface area (Å²) >= 11 is 2.40. The molecule has 0 aliphatic rings. The number of anilines is 1. The fraction of sp³-hybridized carbons (Fsp3) is 0.333. The van der Waals surface area contributed by atoms with E-state index in [2.05, 4.69) is 25.8 Å². The van der Waals surface area contributed by atoms with Gasteiger partial charge in [-0.25, -0.2) is 4.98 Å². The molecule has 31 heavy (non-hydrogen) atoms. The van der Waals surface area contributed by atoms with Crippen LogP contribution in [0.4, 0.5) is 5.13 Å². The van der Waals surface area contributed by atoms with Gasteiger partial charge in [0.2, 0.25) is 11.1 Å². The maximum atomic E-state index is 12.3. The van der Waals surface area contributed by atoms with E-state index in [1.807, 2.05) is 0 Å². The number of benzene rings is 1. The lowest BCUT2D eigenvalue weighted by Gasteiger charge is -2.10. The van der Waals surface area contributed by atoms with E-state index in [1.165, 1.54) is 23.1 Å². The number of hydrogen-bond donors (Lipinski definition) is 1. The molecular weight excluding hydrogens is 444 g/mol. The van der Waals surface area contributed by atoms with Crippen molar-refractivity contribution >= 4 is 40.1 Å². The number of nitrogens with zero attached hydrogens (tertiary/aromatic N) is 5. The second kappa shape index (κ2) is 10.7. The summed E-state index contributed by atoms with van der Waals surface area (Å²) in [4.78, 5) is 28.1. The molecule has 164 valence electrons. The normalized spacial score (nSPS) is 10.5. The Balaban J connectivity index is 1.61. The lowest BCUT2D eigenvalue weighted by atomic mass is 10.3. The number of thioether (sulfide) groups is 1. The molecule has 0 saturated heterocycles. The van der Waals surface area contributed by atoms with Gasteiger partial charge in [-0.15, -0.1) is 16.4 Å². The molecule has 0 bridgehead atoms. The summed E-state index contributed by atoms with van der Waals surface area (Å²) in [7, 11) is 3.10. The van der Waals surface area contributed by atoms with E-state index in [0.717, 1.165) is 11.8 Å². The van der Waals surface area contributed by atoms with Crippen LogP contribution in [0.5, 0.6) is 11.5 Å². The Kier molecular flexibility index (Phi) is 7.78. The first-order valence-electron chi connectivity index (χ1n) is 9.07. The van der Waals surface area contributed by atoms with Gasteiger partial charge in [0.1, 0.15) is 17.2 Å². The first-order chi connectivity index (χ1) is 15.0. The number of tetrazole rings is 1. The van der Waals surface area contributed by atoms with Crippen LogP contribution in [0.2, 0.25) is 0 Å². The zero-order valence-electron chi connectivity index (χ0n) is 17.0. The van der Waals surface area contributed by atoms with Gasteiger partial charge < -0.3 is 19.5 Å². The average Bonchev–Trinajstić information content (AvgIpc) is 3.41. The summed E-state index contributed by atoms with van der Waals surface area (Å²) in [6.07, 6.45) is 0.0629. The highest BCUT2D eigenvalue weighted by molar-refractivity contribution is 7.99. The molecule has 1 amide bonds. The Hall–Kier alpha value is -3.19. The summed E-state index contributed by atoms with van der Waals surface area (Å²) in [5.41, 5.74) is 1.15. The third kappa shape index (κ3) is 5.92. The minimum Gasteiger partial charge on any atom is -0.497 e. The number of carbonyl (C=O) groups is 2. The van der Waals surface area contributed by atoms with Gasteiger partial charge >= 0.3 is 5.97 Å². The predicted octanol–water partition coefficient (Wildman–Crippen LogP) is 1.97. The lowest BCUT2D eigenvalue weighted by Crippen LogP contribution is -2.15. The maximum absolute atomic E-state index is 12.3. The number of esters is 1. The van der Waals surface area contributed by atoms with Crippen LogP contribution in [0.1, 0.15) is 12.6 Å². The number of hydrogen-bond acceptors (Lipinski definition) is 11. The summed E-state index contributed by atoms with van der Waals surface area (Å²) in [5.74, 6) is 0.578. The van der Waals surface area contributed by atoms with Crippen LogP contribution < -0.4 is 14.8 Å². The number of methoxy groups -OCH3 is 2. The van der Waals surface area contributed by atoms with E-state index in [0.29, 0.717) is 39.8 Å². The minimum atomic E-state index is -0.359. The molecule has 0 fully saturated rings. The molecule has 2 aromatic heterocycles. The van der Waals surface area contributed by atoms with Crippen molar-refractivity contribution in [2.24, 2.45) is 0 Å². The highest BCUT2D eigenvalue weighted by Crippen LogP contribution is 2.29. The molecule has 0 aliphatic heterocycles. The van der Waals surface area contributed by atoms with Crippen molar-refractivity contribution in [1.29, 1.82) is 0 Å². The van der Waals surface area contributed by atoms with Gasteiger partial charge in [-0.3, -0.25) is 9.59 Å². The molecule has 0 aliphatic carbocycles. The second-order valence-electron chi connectivity index (χ2n) is 5.87. The molecular formula is C18H20N6O5S2. The highest BCUT2D eigenvalue weighted by atomic mass is 32.2. The Morgan fingerprint density at radius 1 is 1.26 bits per heavy atom. The van der Waals surface area contributed by atoms with Crippen molar-refractivity contribution in [3.05, 3.63) is 29.3 Å². The quantitative estimate of drug-likeness (QED) is 0.351. The Morgan fingerprint density at radius 2 is 2.10 bits per heavy atom. The molecule has 0 atom stereocenters. The summed E-state index contributed by atoms with van der Waals surface area (Å²) in [6.45, 7) is 2.05. The molecule has 0 spiro atoms. The fourth-order valence-electron chi connectivity index (χ4n) is 2.47. The van der Waals surface area contributed by atoms with Gasteiger partial charge in [-0.05, 0) is 29.5 Å². The van der Waals surface area contributed by atoms with Crippen LogP contribution in [0, 0.1) is 0 Å². The molecule has 2 heterocycles. The first-order valence-corrected chi connectivity index (χ1v) is 10.9. The predicted molar refractivity (Wildman–Crippen MR) is 114 cm³/mol. The number of ether oxygens (including phenoxy) is 3. The number of rotatable bonds is 10. The van der Waals surface area contributed by atoms with Crippen LogP contribution in [-0.4, -0.2) is 63.6 Å². The Morgan fingerprint density at radius 3 is 2.84 bits per heavy atom. The number of amides is 1. The van der Waals surface area contributed by atoms with Crippen LogP contribution >= 0.6 is 23.1 Å². The van der Waals surface area contributed by atoms with E-state index in [1.54, 1.807) is 37.6 Å². The molecule has 3 aromatic rings. The van der Waals surface area contributed by atoms with E-state index in [9.17, 15) is 9.59 Å². The Labute approximate surface area is 186 Å². The van der Waals surface area contributed by atoms with Crippen LogP contribution in [-0.2, 0) is 20.7 Å². The van der Waals surface area contributed by atoms with E-state index in [-0.39, 0.29) is 24.1 Å². The Bertz CT molecular complexity index is 1050. The molecule has 13 heteroatoms. The number of thiazole rings is 1. The van der Waals surface area contributed by atoms with Crippen molar-refractivity contribution in [2.45, 2.75) is 18.5 Å². The molecule has 1 aromatic carbocycles. The average molecular weight is 465 g/mol. The molecule has 3 rings (SSSR count). The zero-order valence-corrected chi connectivity index (χ0v) is 18.7. The monoisotopic (exact) mass is 464 g/mol. The third-order valence-electron chi connectivity index (χ3n) is 3.82. The van der Waals surface area contributed by atoms with Crippen LogP contribution in [0.15, 0.2) is 28.7 Å². The fourth-order valence-corrected chi connectivity index (χ4v) is 3.88. The van der Waals surface area contributed by atoms with Crippen molar-refractivity contribution in [3.63, 3.8) is 0 Å². The van der Waals surface area contributed by atoms with Crippen LogP contribution in [0.25, 0.3) is 5.69 Å². The molecule has 0 saturated carbocycles. The zero-order chi connectivity index (χ0) is 22.2. The van der Waals surface area contributed by atoms with Gasteiger partial charge in [0, 0.05) is 11.4 Å². The third-order valence-corrected chi connectivity index (χ3v) is 5.54. The smallest absolute Gasteiger partial charge is 0.311 e.